The molecule has 46 heavy (non-hydrogen) atoms. The number of carboxylic acid groups (broad SMARTS) is 2. The van der Waals surface area contributed by atoms with Crippen LogP contribution in [0.15, 0.2) is 36.4 Å². The van der Waals surface area contributed by atoms with Gasteiger partial charge in [-0.05, 0) is 69.4 Å². The molecule has 1 unspecified atom stereocenters. The van der Waals surface area contributed by atoms with Crippen LogP contribution >= 0.6 is 0 Å². The third-order valence-corrected chi connectivity index (χ3v) is 8.16. The summed E-state index contributed by atoms with van der Waals surface area (Å²) < 4.78 is 0. The number of carboxylic acids is 2. The first-order valence-corrected chi connectivity index (χ1v) is 16.6. The van der Waals surface area contributed by atoms with Crippen molar-refractivity contribution in [1.82, 2.24) is 0 Å². The molecule has 10 N–H and O–H groups in total. The number of aryl methyl sites for hydroxylation is 2. The molecule has 0 saturated carbocycles. The van der Waals surface area contributed by atoms with Crippen molar-refractivity contribution in [2.45, 2.75) is 140 Å². The highest BCUT2D eigenvalue weighted by atomic mass is 16.4. The van der Waals surface area contributed by atoms with Gasteiger partial charge in [-0.2, -0.15) is 0 Å². The van der Waals surface area contributed by atoms with Crippen LogP contribution in [0.5, 0.6) is 0 Å². The maximum Gasteiger partial charge on any atom is 0.328 e. The molecular weight excluding hydrogens is 592 g/mol. The average molecular weight is 653 g/mol. The monoisotopic (exact) mass is 652 g/mol. The number of aliphatic carboxylic acids is 2. The van der Waals surface area contributed by atoms with Crippen LogP contribution in [-0.4, -0.2) is 84.9 Å². The number of hydrogen-bond acceptors (Lipinski definition) is 9. The Balaban J connectivity index is 0.000000880. The van der Waals surface area contributed by atoms with E-state index < -0.39 is 48.4 Å². The first-order valence-electron chi connectivity index (χ1n) is 16.6. The molecule has 0 aliphatic rings. The molecule has 0 aromatic heterocycles. The zero-order valence-corrected chi connectivity index (χ0v) is 27.9. The van der Waals surface area contributed by atoms with Crippen LogP contribution in [0.25, 0.3) is 0 Å². The fraction of sp³-hybridized carbons (Fsp3) is 0.686. The van der Waals surface area contributed by atoms with Gasteiger partial charge in [0.15, 0.2) is 5.54 Å². The van der Waals surface area contributed by atoms with Gasteiger partial charge in [0.2, 0.25) is 0 Å². The Bertz CT molecular complexity index is 1020. The summed E-state index contributed by atoms with van der Waals surface area (Å²) in [5.41, 5.74) is 9.64. The van der Waals surface area contributed by atoms with E-state index in [1.54, 1.807) is 13.0 Å². The zero-order chi connectivity index (χ0) is 35.0. The topological polar surface area (TPSA) is 225 Å². The number of Topliss-reactive ketones (excluding diaryl/α,β-unsaturated/α-hetero) is 1. The average Bonchev–Trinajstić information content (AvgIpc) is 3.04. The van der Waals surface area contributed by atoms with Gasteiger partial charge in [0, 0.05) is 6.42 Å². The number of carbonyl (C=O) groups is 3. The molecule has 264 valence electrons. The van der Waals surface area contributed by atoms with Crippen LogP contribution in [-0.2, 0) is 27.2 Å². The van der Waals surface area contributed by atoms with Crippen LogP contribution in [0.1, 0.15) is 115 Å². The molecule has 0 bridgehead atoms. The Kier molecular flexibility index (Phi) is 23.1. The quantitative estimate of drug-likeness (QED) is 0.0562. The lowest BCUT2D eigenvalue weighted by Crippen LogP contribution is -2.63. The largest absolute Gasteiger partial charge is 0.480 e. The van der Waals surface area contributed by atoms with Crippen molar-refractivity contribution in [2.75, 3.05) is 13.2 Å². The lowest BCUT2D eigenvalue weighted by atomic mass is 9.89. The lowest BCUT2D eigenvalue weighted by molar-refractivity contribution is -0.155. The molecule has 11 nitrogen and oxygen atoms in total. The van der Waals surface area contributed by atoms with Gasteiger partial charge in [0.25, 0.3) is 0 Å². The number of allylic oxidation sites excluding steroid dienone is 1. The van der Waals surface area contributed by atoms with E-state index in [0.717, 1.165) is 44.1 Å². The number of ketones is 1. The Morgan fingerprint density at radius 3 is 1.83 bits per heavy atom. The molecule has 1 aromatic carbocycles. The minimum absolute atomic E-state index is 0.0533. The molecule has 0 fully saturated rings. The molecule has 0 radical (unpaired) electrons. The summed E-state index contributed by atoms with van der Waals surface area (Å²) in [7, 11) is 0. The predicted molar refractivity (Wildman–Crippen MR) is 179 cm³/mol. The molecule has 1 aromatic rings. The minimum atomic E-state index is -2.27. The van der Waals surface area contributed by atoms with Crippen molar-refractivity contribution in [3.8, 4) is 0 Å². The van der Waals surface area contributed by atoms with Crippen LogP contribution in [0, 0.1) is 0 Å². The number of benzene rings is 1. The summed E-state index contributed by atoms with van der Waals surface area (Å²) in [6.07, 6.45) is 15.4. The molecule has 0 heterocycles. The van der Waals surface area contributed by atoms with E-state index in [-0.39, 0.29) is 18.6 Å². The molecule has 11 heteroatoms. The van der Waals surface area contributed by atoms with Crippen LogP contribution < -0.4 is 11.5 Å². The first-order chi connectivity index (χ1) is 21.8. The number of hydrogen-bond donors (Lipinski definition) is 8. The standard InChI is InChI=1S/C19H31NO3.C16H29NO6/c1-2-3-4-5-6-7-8-16-9-11-17(12-10-16)13-14-19(20,15-21)18(22)23;1-12(19)9-7-5-3-2-4-6-8-10-13(20)14(21)16(17,11-18)15(22)23/h9-12,21H,2-8,13-15,20H2,1H3,(H,22,23);6,8,13-14,18,20-21H,2-5,7,9-11,17H2,1H3,(H,22,23)/b;8-6+/t;13-,14+,16+/m.0/s1. The fourth-order valence-corrected chi connectivity index (χ4v) is 4.71. The Morgan fingerprint density at radius 2 is 1.30 bits per heavy atom. The van der Waals surface area contributed by atoms with Crippen LogP contribution in [0.4, 0.5) is 0 Å². The van der Waals surface area contributed by atoms with Crippen LogP contribution in [0.2, 0.25) is 0 Å². The lowest BCUT2D eigenvalue weighted by Gasteiger charge is -2.30. The van der Waals surface area contributed by atoms with Gasteiger partial charge in [0.1, 0.15) is 17.4 Å². The minimum Gasteiger partial charge on any atom is -0.480 e. The molecule has 4 atom stereocenters. The molecular formula is C35H60N2O9. The van der Waals surface area contributed by atoms with Gasteiger partial charge in [-0.25, -0.2) is 0 Å². The second-order valence-electron chi connectivity index (χ2n) is 12.3. The van der Waals surface area contributed by atoms with Gasteiger partial charge in [-0.15, -0.1) is 0 Å². The highest BCUT2D eigenvalue weighted by Crippen LogP contribution is 2.16. The summed E-state index contributed by atoms with van der Waals surface area (Å²) in [5.74, 6) is -2.52. The predicted octanol–water partition coefficient (Wildman–Crippen LogP) is 3.66. The fourth-order valence-electron chi connectivity index (χ4n) is 4.71. The SMILES string of the molecule is CC(=O)CCCCCC/C=C/C[C@H](O)[C@@H](O)[C@](N)(CO)C(=O)O.CCCCCCCCc1ccc(CCC(N)(CO)C(=O)O)cc1. The second kappa shape index (κ2) is 24.5. The number of aliphatic hydroxyl groups is 4. The third kappa shape index (κ3) is 17.9. The van der Waals surface area contributed by atoms with Crippen molar-refractivity contribution in [2.24, 2.45) is 11.5 Å². The molecule has 0 aliphatic carbocycles. The van der Waals surface area contributed by atoms with Gasteiger partial charge in [-0.1, -0.05) is 88.3 Å². The van der Waals surface area contributed by atoms with E-state index in [4.69, 9.17) is 31.9 Å². The number of aliphatic hydroxyl groups excluding tert-OH is 4. The van der Waals surface area contributed by atoms with Crippen molar-refractivity contribution in [3.05, 3.63) is 47.5 Å². The van der Waals surface area contributed by atoms with Gasteiger partial charge in [-0.3, -0.25) is 9.59 Å². The second-order valence-corrected chi connectivity index (χ2v) is 12.3. The number of unbranched alkanes of at least 4 members (excludes halogenated alkanes) is 9. The van der Waals surface area contributed by atoms with Crippen molar-refractivity contribution >= 4 is 17.7 Å². The summed E-state index contributed by atoms with van der Waals surface area (Å²) >= 11 is 0. The Morgan fingerprint density at radius 1 is 0.761 bits per heavy atom. The summed E-state index contributed by atoms with van der Waals surface area (Å²) in [4.78, 5) is 32.8. The molecule has 1 rings (SSSR count). The molecule has 0 spiro atoms. The number of nitrogens with two attached hydrogens (primary N) is 2. The van der Waals surface area contributed by atoms with E-state index in [9.17, 15) is 24.6 Å². The molecule has 0 amide bonds. The number of carbonyl (C=O) groups excluding carboxylic acids is 1. The van der Waals surface area contributed by atoms with Crippen molar-refractivity contribution in [1.29, 1.82) is 0 Å². The summed E-state index contributed by atoms with van der Waals surface area (Å²) in [6, 6.07) is 8.29. The summed E-state index contributed by atoms with van der Waals surface area (Å²) in [5, 5.41) is 55.6. The maximum absolute atomic E-state index is 11.1. The van der Waals surface area contributed by atoms with Crippen molar-refractivity contribution in [3.63, 3.8) is 0 Å². The van der Waals surface area contributed by atoms with Crippen LogP contribution in [0.3, 0.4) is 0 Å². The highest BCUT2D eigenvalue weighted by Gasteiger charge is 2.44. The normalized spacial score (nSPS) is 15.3. The smallest absolute Gasteiger partial charge is 0.328 e. The molecule has 0 aliphatic heterocycles. The van der Waals surface area contributed by atoms with E-state index in [1.165, 1.54) is 44.1 Å². The van der Waals surface area contributed by atoms with Gasteiger partial charge < -0.3 is 46.9 Å². The highest BCUT2D eigenvalue weighted by molar-refractivity contribution is 5.79. The van der Waals surface area contributed by atoms with E-state index in [1.807, 2.05) is 18.2 Å². The zero-order valence-electron chi connectivity index (χ0n) is 27.9. The van der Waals surface area contributed by atoms with Gasteiger partial charge in [0.05, 0.1) is 19.3 Å². The van der Waals surface area contributed by atoms with Gasteiger partial charge >= 0.3 is 11.9 Å². The van der Waals surface area contributed by atoms with E-state index in [2.05, 4.69) is 19.1 Å². The maximum atomic E-state index is 11.1. The third-order valence-electron chi connectivity index (χ3n) is 8.16. The Labute approximate surface area is 274 Å². The first kappa shape index (κ1) is 43.3. The summed E-state index contributed by atoms with van der Waals surface area (Å²) in [6.45, 7) is 2.30. The van der Waals surface area contributed by atoms with E-state index in [0.29, 0.717) is 12.8 Å². The Hall–Kier alpha value is -2.67. The number of rotatable bonds is 25. The van der Waals surface area contributed by atoms with E-state index >= 15 is 0 Å². The van der Waals surface area contributed by atoms with Crippen molar-refractivity contribution < 1.29 is 45.0 Å². The molecule has 0 saturated heterocycles.